The van der Waals surface area contributed by atoms with Gasteiger partial charge in [-0.25, -0.2) is 0 Å². The van der Waals surface area contributed by atoms with Crippen molar-refractivity contribution < 1.29 is 9.53 Å². The molecule has 4 heteroatoms. The number of rotatable bonds is 5. The molecular formula is C19H20N2O2. The molecule has 1 heterocycles. The third-order valence-electron chi connectivity index (χ3n) is 4.08. The highest BCUT2D eigenvalue weighted by atomic mass is 16.5. The quantitative estimate of drug-likeness (QED) is 0.785. The average molecular weight is 308 g/mol. The van der Waals surface area contributed by atoms with E-state index in [1.54, 1.807) is 0 Å². The van der Waals surface area contributed by atoms with Crippen molar-refractivity contribution >= 4 is 16.8 Å². The van der Waals surface area contributed by atoms with Crippen LogP contribution in [0.15, 0.2) is 54.6 Å². The molecule has 118 valence electrons. The van der Waals surface area contributed by atoms with Crippen molar-refractivity contribution in [2.24, 2.45) is 12.8 Å². The zero-order valence-corrected chi connectivity index (χ0v) is 13.3. The molecule has 23 heavy (non-hydrogen) atoms. The predicted molar refractivity (Wildman–Crippen MR) is 91.3 cm³/mol. The summed E-state index contributed by atoms with van der Waals surface area (Å²) in [6.45, 7) is 2.49. The van der Waals surface area contributed by atoms with Gasteiger partial charge in [-0.3, -0.25) is 4.79 Å². The second-order valence-electron chi connectivity index (χ2n) is 5.45. The number of fused-ring (bicyclic) bond motifs is 1. The van der Waals surface area contributed by atoms with Crippen LogP contribution in [0, 0.1) is 0 Å². The van der Waals surface area contributed by atoms with Crippen LogP contribution < -0.4 is 5.73 Å². The molecule has 2 aromatic carbocycles. The maximum Gasteiger partial charge on any atom is 0.265 e. The van der Waals surface area contributed by atoms with Crippen LogP contribution in [0.25, 0.3) is 10.9 Å². The standard InChI is InChI=1S/C19H20N2O2/c1-3-23-18(13-9-5-4-6-10-13)16-14-11-7-8-12-15(14)21(2)17(16)19(20)22/h4-12,18H,3H2,1-2H3,(H2,20,22). The van der Waals surface area contributed by atoms with Gasteiger partial charge in [0.15, 0.2) is 0 Å². The first kappa shape index (κ1) is 15.3. The van der Waals surface area contributed by atoms with E-state index >= 15 is 0 Å². The number of ether oxygens (including phenoxy) is 1. The first-order chi connectivity index (χ1) is 11.1. The average Bonchev–Trinajstić information content (AvgIpc) is 2.87. The lowest BCUT2D eigenvalue weighted by Gasteiger charge is -2.19. The van der Waals surface area contributed by atoms with Crippen LogP contribution in [0.4, 0.5) is 0 Å². The zero-order valence-electron chi connectivity index (χ0n) is 13.3. The Kier molecular flexibility index (Phi) is 4.17. The van der Waals surface area contributed by atoms with Gasteiger partial charge in [0.05, 0.1) is 0 Å². The highest BCUT2D eigenvalue weighted by Crippen LogP contribution is 2.36. The second kappa shape index (κ2) is 6.26. The maximum atomic E-state index is 12.1. The fraction of sp³-hybridized carbons (Fsp3) is 0.211. The van der Waals surface area contributed by atoms with Gasteiger partial charge in [0.25, 0.3) is 5.91 Å². The van der Waals surface area contributed by atoms with Crippen LogP contribution in [-0.2, 0) is 11.8 Å². The van der Waals surface area contributed by atoms with E-state index < -0.39 is 5.91 Å². The van der Waals surface area contributed by atoms with Crippen molar-refractivity contribution in [3.05, 3.63) is 71.4 Å². The molecule has 1 atom stereocenters. The van der Waals surface area contributed by atoms with Crippen molar-refractivity contribution in [3.8, 4) is 0 Å². The van der Waals surface area contributed by atoms with Crippen LogP contribution in [0.3, 0.4) is 0 Å². The monoisotopic (exact) mass is 308 g/mol. The first-order valence-electron chi connectivity index (χ1n) is 7.68. The van der Waals surface area contributed by atoms with Crippen LogP contribution in [0.2, 0.25) is 0 Å². The number of aromatic nitrogens is 1. The molecule has 4 nitrogen and oxygen atoms in total. The minimum atomic E-state index is -0.445. The van der Waals surface area contributed by atoms with E-state index in [1.807, 2.05) is 73.1 Å². The molecule has 1 aromatic heterocycles. The molecule has 1 unspecified atom stereocenters. The lowest BCUT2D eigenvalue weighted by Crippen LogP contribution is -2.19. The summed E-state index contributed by atoms with van der Waals surface area (Å²) in [7, 11) is 1.86. The first-order valence-corrected chi connectivity index (χ1v) is 7.68. The fourth-order valence-electron chi connectivity index (χ4n) is 3.13. The lowest BCUT2D eigenvalue weighted by molar-refractivity contribution is 0.0881. The molecule has 0 spiro atoms. The molecule has 0 radical (unpaired) electrons. The third-order valence-corrected chi connectivity index (χ3v) is 4.08. The summed E-state index contributed by atoms with van der Waals surface area (Å²) in [5.74, 6) is -0.445. The minimum Gasteiger partial charge on any atom is -0.369 e. The summed E-state index contributed by atoms with van der Waals surface area (Å²) in [6, 6.07) is 17.8. The number of para-hydroxylation sites is 1. The summed E-state index contributed by atoms with van der Waals surface area (Å²) >= 11 is 0. The SMILES string of the molecule is CCOC(c1ccccc1)c1c(C(N)=O)n(C)c2ccccc12. The van der Waals surface area contributed by atoms with Crippen molar-refractivity contribution in [1.82, 2.24) is 4.57 Å². The summed E-state index contributed by atoms with van der Waals surface area (Å²) in [6.07, 6.45) is -0.324. The third kappa shape index (κ3) is 2.62. The summed E-state index contributed by atoms with van der Waals surface area (Å²) in [4.78, 5) is 12.1. The van der Waals surface area contributed by atoms with Gasteiger partial charge in [0.1, 0.15) is 11.8 Å². The van der Waals surface area contributed by atoms with Gasteiger partial charge in [-0.15, -0.1) is 0 Å². The van der Waals surface area contributed by atoms with Crippen molar-refractivity contribution in [3.63, 3.8) is 0 Å². The van der Waals surface area contributed by atoms with Crippen molar-refractivity contribution in [2.45, 2.75) is 13.0 Å². The summed E-state index contributed by atoms with van der Waals surface area (Å²) in [5.41, 5.74) is 8.98. The number of carbonyl (C=O) groups is 1. The van der Waals surface area contributed by atoms with E-state index in [0.717, 1.165) is 22.0 Å². The number of hydrogen-bond acceptors (Lipinski definition) is 2. The molecular weight excluding hydrogens is 288 g/mol. The van der Waals surface area contributed by atoms with E-state index in [0.29, 0.717) is 12.3 Å². The lowest BCUT2D eigenvalue weighted by atomic mass is 9.98. The van der Waals surface area contributed by atoms with Crippen LogP contribution in [-0.4, -0.2) is 17.1 Å². The Morgan fingerprint density at radius 2 is 1.78 bits per heavy atom. The predicted octanol–water partition coefficient (Wildman–Crippen LogP) is 3.40. The van der Waals surface area contributed by atoms with E-state index in [2.05, 4.69) is 0 Å². The number of hydrogen-bond donors (Lipinski definition) is 1. The molecule has 0 bridgehead atoms. The van der Waals surface area contributed by atoms with Gasteiger partial charge in [0, 0.05) is 30.1 Å². The van der Waals surface area contributed by atoms with Crippen LogP contribution in [0.1, 0.15) is 34.6 Å². The number of amides is 1. The number of primary amides is 1. The molecule has 2 N–H and O–H groups in total. The number of nitrogens with two attached hydrogens (primary N) is 1. The summed E-state index contributed by atoms with van der Waals surface area (Å²) < 4.78 is 7.85. The van der Waals surface area contributed by atoms with E-state index in [9.17, 15) is 4.79 Å². The highest BCUT2D eigenvalue weighted by Gasteiger charge is 2.27. The fourth-order valence-corrected chi connectivity index (χ4v) is 3.13. The summed E-state index contributed by atoms with van der Waals surface area (Å²) in [5, 5.41) is 0.992. The van der Waals surface area contributed by atoms with E-state index in [1.165, 1.54) is 0 Å². The molecule has 0 saturated heterocycles. The Bertz CT molecular complexity index is 837. The van der Waals surface area contributed by atoms with Gasteiger partial charge in [-0.1, -0.05) is 48.5 Å². The van der Waals surface area contributed by atoms with E-state index in [4.69, 9.17) is 10.5 Å². The molecule has 0 fully saturated rings. The number of carbonyl (C=O) groups excluding carboxylic acids is 1. The van der Waals surface area contributed by atoms with Gasteiger partial charge >= 0.3 is 0 Å². The van der Waals surface area contributed by atoms with Gasteiger partial charge < -0.3 is 15.0 Å². The maximum absolute atomic E-state index is 12.1. The van der Waals surface area contributed by atoms with Gasteiger partial charge in [0.2, 0.25) is 0 Å². The Morgan fingerprint density at radius 1 is 1.13 bits per heavy atom. The van der Waals surface area contributed by atoms with Crippen molar-refractivity contribution in [2.75, 3.05) is 6.61 Å². The molecule has 3 aromatic rings. The minimum absolute atomic E-state index is 0.324. The number of aryl methyl sites for hydroxylation is 1. The van der Waals surface area contributed by atoms with Crippen molar-refractivity contribution in [1.29, 1.82) is 0 Å². The van der Waals surface area contributed by atoms with Crippen LogP contribution >= 0.6 is 0 Å². The van der Waals surface area contributed by atoms with Gasteiger partial charge in [-0.05, 0) is 18.6 Å². The Morgan fingerprint density at radius 3 is 2.43 bits per heavy atom. The molecule has 0 aliphatic heterocycles. The molecule has 3 rings (SSSR count). The molecule has 0 aliphatic rings. The largest absolute Gasteiger partial charge is 0.369 e. The number of benzene rings is 2. The van der Waals surface area contributed by atoms with Crippen LogP contribution in [0.5, 0.6) is 0 Å². The molecule has 0 aliphatic carbocycles. The zero-order chi connectivity index (χ0) is 16.4. The smallest absolute Gasteiger partial charge is 0.265 e. The Balaban J connectivity index is 2.31. The second-order valence-corrected chi connectivity index (χ2v) is 5.45. The highest BCUT2D eigenvalue weighted by molar-refractivity contribution is 6.01. The Hall–Kier alpha value is -2.59. The Labute approximate surface area is 135 Å². The number of nitrogens with zero attached hydrogens (tertiary/aromatic N) is 1. The van der Waals surface area contributed by atoms with E-state index in [-0.39, 0.29) is 6.10 Å². The molecule has 1 amide bonds. The topological polar surface area (TPSA) is 57.2 Å². The normalized spacial score (nSPS) is 12.4. The van der Waals surface area contributed by atoms with Gasteiger partial charge in [-0.2, -0.15) is 0 Å². The molecule has 0 saturated carbocycles.